The molecule has 6 heteroatoms. The third kappa shape index (κ3) is 5.37. The molecule has 0 radical (unpaired) electrons. The Morgan fingerprint density at radius 2 is 2.11 bits per heavy atom. The normalized spacial score (nSPS) is 13.4. The first-order chi connectivity index (χ1) is 8.42. The van der Waals surface area contributed by atoms with Crippen LogP contribution in [0, 0.1) is 0 Å². The quantitative estimate of drug-likeness (QED) is 0.775. The number of alkyl halides is 3. The molecule has 0 saturated heterocycles. The molecule has 0 spiro atoms. The topological polar surface area (TPSA) is 41.5 Å². The van der Waals surface area contributed by atoms with Crippen molar-refractivity contribution in [3.8, 4) is 5.75 Å². The van der Waals surface area contributed by atoms with E-state index in [4.69, 9.17) is 0 Å². The zero-order valence-electron chi connectivity index (χ0n) is 10.00. The van der Waals surface area contributed by atoms with Gasteiger partial charge >= 0.3 is 6.36 Å². The van der Waals surface area contributed by atoms with Crippen LogP contribution in [0.5, 0.6) is 5.75 Å². The molecule has 102 valence electrons. The fourth-order valence-electron chi connectivity index (χ4n) is 1.45. The van der Waals surface area contributed by atoms with Gasteiger partial charge in [0.05, 0.1) is 6.10 Å². The molecule has 0 amide bonds. The van der Waals surface area contributed by atoms with E-state index < -0.39 is 12.5 Å². The number of ether oxygens (including phenoxy) is 1. The van der Waals surface area contributed by atoms with Crippen LogP contribution in [0.25, 0.3) is 0 Å². The minimum atomic E-state index is -4.72. The lowest BCUT2D eigenvalue weighted by atomic mass is 10.1. The predicted octanol–water partition coefficient (Wildman–Crippen LogP) is 2.62. The molecule has 0 bridgehead atoms. The van der Waals surface area contributed by atoms with Crippen molar-refractivity contribution in [3.05, 3.63) is 29.8 Å². The zero-order chi connectivity index (χ0) is 13.6. The molecule has 0 fully saturated rings. The Hall–Kier alpha value is -1.27. The molecule has 1 atom stereocenters. The molecule has 0 saturated carbocycles. The summed E-state index contributed by atoms with van der Waals surface area (Å²) in [5, 5.41) is 12.8. The van der Waals surface area contributed by atoms with E-state index in [1.807, 2.05) is 6.92 Å². The van der Waals surface area contributed by atoms with Gasteiger partial charge in [0.25, 0.3) is 0 Å². The molecule has 0 aromatic heterocycles. The van der Waals surface area contributed by atoms with Crippen LogP contribution >= 0.6 is 0 Å². The van der Waals surface area contributed by atoms with E-state index in [1.54, 1.807) is 6.07 Å². The SMILES string of the molecule is CCCNCC(O)c1cccc(OC(F)(F)F)c1. The number of hydrogen-bond donors (Lipinski definition) is 2. The molecule has 2 N–H and O–H groups in total. The van der Waals surface area contributed by atoms with Crippen LogP contribution in [-0.2, 0) is 0 Å². The summed E-state index contributed by atoms with van der Waals surface area (Å²) in [5.41, 5.74) is 0.389. The van der Waals surface area contributed by atoms with Crippen LogP contribution in [0.15, 0.2) is 24.3 Å². The minimum absolute atomic E-state index is 0.295. The number of aliphatic hydroxyl groups is 1. The molecular formula is C12H16F3NO2. The van der Waals surface area contributed by atoms with Crippen molar-refractivity contribution in [1.82, 2.24) is 5.32 Å². The van der Waals surface area contributed by atoms with Crippen LogP contribution in [0.3, 0.4) is 0 Å². The van der Waals surface area contributed by atoms with Gasteiger partial charge in [-0.25, -0.2) is 0 Å². The zero-order valence-corrected chi connectivity index (χ0v) is 10.00. The van der Waals surface area contributed by atoms with E-state index in [9.17, 15) is 18.3 Å². The fourth-order valence-corrected chi connectivity index (χ4v) is 1.45. The highest BCUT2D eigenvalue weighted by molar-refractivity contribution is 5.30. The molecule has 0 aliphatic carbocycles. The molecule has 1 rings (SSSR count). The fraction of sp³-hybridized carbons (Fsp3) is 0.500. The number of nitrogens with one attached hydrogen (secondary N) is 1. The lowest BCUT2D eigenvalue weighted by Gasteiger charge is -2.14. The number of halogens is 3. The largest absolute Gasteiger partial charge is 0.573 e. The minimum Gasteiger partial charge on any atom is -0.406 e. The predicted molar refractivity (Wildman–Crippen MR) is 61.2 cm³/mol. The summed E-state index contributed by atoms with van der Waals surface area (Å²) in [6.07, 6.45) is -4.65. The second-order valence-electron chi connectivity index (χ2n) is 3.84. The molecular weight excluding hydrogens is 247 g/mol. The van der Waals surface area contributed by atoms with Gasteiger partial charge in [0.15, 0.2) is 0 Å². The van der Waals surface area contributed by atoms with Crippen LogP contribution in [0.4, 0.5) is 13.2 Å². The lowest BCUT2D eigenvalue weighted by molar-refractivity contribution is -0.274. The van der Waals surface area contributed by atoms with Gasteiger partial charge in [0.1, 0.15) is 5.75 Å². The first kappa shape index (κ1) is 14.8. The van der Waals surface area contributed by atoms with Gasteiger partial charge in [-0.15, -0.1) is 13.2 Å². The highest BCUT2D eigenvalue weighted by Gasteiger charge is 2.31. The molecule has 18 heavy (non-hydrogen) atoms. The van der Waals surface area contributed by atoms with E-state index in [0.717, 1.165) is 13.0 Å². The summed E-state index contributed by atoms with van der Waals surface area (Å²) in [7, 11) is 0. The summed E-state index contributed by atoms with van der Waals surface area (Å²) in [6, 6.07) is 5.36. The summed E-state index contributed by atoms with van der Waals surface area (Å²) >= 11 is 0. The summed E-state index contributed by atoms with van der Waals surface area (Å²) in [4.78, 5) is 0. The maximum atomic E-state index is 12.0. The van der Waals surface area contributed by atoms with Crippen molar-refractivity contribution in [2.75, 3.05) is 13.1 Å². The molecule has 1 aromatic rings. The first-order valence-electron chi connectivity index (χ1n) is 5.67. The van der Waals surface area contributed by atoms with E-state index in [2.05, 4.69) is 10.1 Å². The average Bonchev–Trinajstić information content (AvgIpc) is 2.27. The molecule has 1 aromatic carbocycles. The van der Waals surface area contributed by atoms with Gasteiger partial charge < -0.3 is 15.2 Å². The first-order valence-corrected chi connectivity index (χ1v) is 5.67. The van der Waals surface area contributed by atoms with Crippen molar-refractivity contribution in [3.63, 3.8) is 0 Å². The monoisotopic (exact) mass is 263 g/mol. The molecule has 0 heterocycles. The third-order valence-corrected chi connectivity index (χ3v) is 2.24. The molecule has 0 aliphatic rings. The number of benzene rings is 1. The smallest absolute Gasteiger partial charge is 0.406 e. The Bertz CT molecular complexity index is 369. The van der Waals surface area contributed by atoms with Crippen LogP contribution in [0.1, 0.15) is 25.0 Å². The van der Waals surface area contributed by atoms with Gasteiger partial charge in [-0.1, -0.05) is 19.1 Å². The van der Waals surface area contributed by atoms with E-state index in [-0.39, 0.29) is 5.75 Å². The number of rotatable bonds is 6. The van der Waals surface area contributed by atoms with Crippen LogP contribution < -0.4 is 10.1 Å². The van der Waals surface area contributed by atoms with Crippen molar-refractivity contribution < 1.29 is 23.0 Å². The highest BCUT2D eigenvalue weighted by atomic mass is 19.4. The average molecular weight is 263 g/mol. The third-order valence-electron chi connectivity index (χ3n) is 2.24. The van der Waals surface area contributed by atoms with E-state index >= 15 is 0 Å². The maximum absolute atomic E-state index is 12.0. The summed E-state index contributed by atoms with van der Waals surface area (Å²) in [5.74, 6) is -0.324. The number of hydrogen-bond acceptors (Lipinski definition) is 3. The number of aliphatic hydroxyl groups excluding tert-OH is 1. The van der Waals surface area contributed by atoms with Crippen LogP contribution in [0.2, 0.25) is 0 Å². The van der Waals surface area contributed by atoms with Crippen LogP contribution in [-0.4, -0.2) is 24.6 Å². The second kappa shape index (κ2) is 6.61. The van der Waals surface area contributed by atoms with Gasteiger partial charge in [-0.2, -0.15) is 0 Å². The Kier molecular flexibility index (Phi) is 5.43. The van der Waals surface area contributed by atoms with Crippen molar-refractivity contribution in [1.29, 1.82) is 0 Å². The summed E-state index contributed by atoms with van der Waals surface area (Å²) < 4.78 is 39.9. The maximum Gasteiger partial charge on any atom is 0.573 e. The van der Waals surface area contributed by atoms with Crippen molar-refractivity contribution in [2.45, 2.75) is 25.8 Å². The molecule has 1 unspecified atom stereocenters. The van der Waals surface area contributed by atoms with Gasteiger partial charge in [-0.05, 0) is 30.7 Å². The highest BCUT2D eigenvalue weighted by Crippen LogP contribution is 2.25. The molecule has 0 aliphatic heterocycles. The van der Waals surface area contributed by atoms with Crippen molar-refractivity contribution in [2.24, 2.45) is 0 Å². The van der Waals surface area contributed by atoms with Gasteiger partial charge in [0, 0.05) is 6.54 Å². The Balaban J connectivity index is 2.63. The van der Waals surface area contributed by atoms with Crippen molar-refractivity contribution >= 4 is 0 Å². The standard InChI is InChI=1S/C12H16F3NO2/c1-2-6-16-8-11(17)9-4-3-5-10(7-9)18-12(13,14)15/h3-5,7,11,16-17H,2,6,8H2,1H3. The Labute approximate surface area is 104 Å². The second-order valence-corrected chi connectivity index (χ2v) is 3.84. The Morgan fingerprint density at radius 1 is 1.39 bits per heavy atom. The van der Waals surface area contributed by atoms with Gasteiger partial charge in [0.2, 0.25) is 0 Å². The van der Waals surface area contributed by atoms with E-state index in [0.29, 0.717) is 12.1 Å². The van der Waals surface area contributed by atoms with E-state index in [1.165, 1.54) is 18.2 Å². The summed E-state index contributed by atoms with van der Waals surface area (Å²) in [6.45, 7) is 3.02. The molecule has 3 nitrogen and oxygen atoms in total. The van der Waals surface area contributed by atoms with Gasteiger partial charge in [-0.3, -0.25) is 0 Å². The Morgan fingerprint density at radius 3 is 2.72 bits per heavy atom. The lowest BCUT2D eigenvalue weighted by Crippen LogP contribution is -2.22.